The Hall–Kier alpha value is -1.91. The van der Waals surface area contributed by atoms with Crippen LogP contribution >= 0.6 is 0 Å². The highest BCUT2D eigenvalue weighted by molar-refractivity contribution is 5.61. The van der Waals surface area contributed by atoms with E-state index in [0.29, 0.717) is 5.95 Å². The summed E-state index contributed by atoms with van der Waals surface area (Å²) in [7, 11) is 3.69. The predicted molar refractivity (Wildman–Crippen MR) is 58.5 cm³/mol. The van der Waals surface area contributed by atoms with Gasteiger partial charge in [-0.15, -0.1) is 0 Å². The van der Waals surface area contributed by atoms with Gasteiger partial charge >= 0.3 is 0 Å². The lowest BCUT2D eigenvalue weighted by Crippen LogP contribution is -1.98. The van der Waals surface area contributed by atoms with E-state index in [1.807, 2.05) is 20.2 Å². The van der Waals surface area contributed by atoms with Crippen molar-refractivity contribution in [3.63, 3.8) is 0 Å². The van der Waals surface area contributed by atoms with Crippen LogP contribution in [0, 0.1) is 6.92 Å². The third-order valence-corrected chi connectivity index (χ3v) is 2.17. The summed E-state index contributed by atoms with van der Waals surface area (Å²) in [5.41, 5.74) is 2.97. The molecule has 0 saturated carbocycles. The minimum atomic E-state index is 0.624. The van der Waals surface area contributed by atoms with Crippen molar-refractivity contribution in [2.75, 3.05) is 12.4 Å². The normalized spacial score (nSPS) is 10.3. The summed E-state index contributed by atoms with van der Waals surface area (Å²) in [6, 6.07) is 0. The van der Waals surface area contributed by atoms with Crippen molar-refractivity contribution in [2.45, 2.75) is 6.92 Å². The number of rotatable bonds is 2. The average molecular weight is 203 g/mol. The van der Waals surface area contributed by atoms with Crippen LogP contribution < -0.4 is 5.32 Å². The zero-order chi connectivity index (χ0) is 10.8. The first-order valence-electron chi connectivity index (χ1n) is 4.71. The summed E-state index contributed by atoms with van der Waals surface area (Å²) in [6.45, 7) is 1.99. The first-order valence-corrected chi connectivity index (χ1v) is 4.71. The lowest BCUT2D eigenvalue weighted by molar-refractivity contribution is 0.768. The molecule has 0 aliphatic carbocycles. The number of hydrogen-bond donors (Lipinski definition) is 1. The van der Waals surface area contributed by atoms with E-state index in [4.69, 9.17) is 0 Å². The van der Waals surface area contributed by atoms with Crippen LogP contribution in [0.1, 0.15) is 5.56 Å². The molecule has 5 nitrogen and oxygen atoms in total. The van der Waals surface area contributed by atoms with Gasteiger partial charge < -0.3 is 5.32 Å². The van der Waals surface area contributed by atoms with Crippen molar-refractivity contribution < 1.29 is 0 Å². The maximum Gasteiger partial charge on any atom is 0.222 e. The number of aromatic nitrogens is 4. The Bertz CT molecular complexity index is 474. The van der Waals surface area contributed by atoms with E-state index in [1.54, 1.807) is 24.1 Å². The second kappa shape index (κ2) is 3.68. The van der Waals surface area contributed by atoms with Crippen LogP contribution in [0.3, 0.4) is 0 Å². The van der Waals surface area contributed by atoms with Gasteiger partial charge in [-0.2, -0.15) is 5.10 Å². The van der Waals surface area contributed by atoms with Crippen molar-refractivity contribution in [2.24, 2.45) is 7.05 Å². The first kappa shape index (κ1) is 9.64. The molecule has 0 aliphatic rings. The maximum atomic E-state index is 4.40. The third kappa shape index (κ3) is 1.81. The van der Waals surface area contributed by atoms with E-state index in [-0.39, 0.29) is 0 Å². The molecule has 2 aromatic rings. The van der Waals surface area contributed by atoms with Crippen LogP contribution in [-0.2, 0) is 7.05 Å². The zero-order valence-corrected chi connectivity index (χ0v) is 9.02. The smallest absolute Gasteiger partial charge is 0.222 e. The molecule has 5 heteroatoms. The van der Waals surface area contributed by atoms with Crippen LogP contribution in [-0.4, -0.2) is 26.8 Å². The van der Waals surface area contributed by atoms with Gasteiger partial charge in [-0.05, 0) is 12.5 Å². The van der Waals surface area contributed by atoms with Crippen LogP contribution in [0.4, 0.5) is 5.95 Å². The van der Waals surface area contributed by atoms with Crippen molar-refractivity contribution in [1.82, 2.24) is 19.7 Å². The molecule has 0 spiro atoms. The zero-order valence-electron chi connectivity index (χ0n) is 9.02. The van der Waals surface area contributed by atoms with Crippen molar-refractivity contribution in [3.05, 3.63) is 24.2 Å². The second-order valence-electron chi connectivity index (χ2n) is 3.38. The fraction of sp³-hybridized carbons (Fsp3) is 0.300. The Morgan fingerprint density at radius 1 is 1.33 bits per heavy atom. The monoisotopic (exact) mass is 203 g/mol. The number of anilines is 1. The van der Waals surface area contributed by atoms with Crippen molar-refractivity contribution >= 4 is 5.95 Å². The Labute approximate surface area is 88.2 Å². The number of hydrogen-bond acceptors (Lipinski definition) is 4. The molecular weight excluding hydrogens is 190 g/mol. The van der Waals surface area contributed by atoms with E-state index in [2.05, 4.69) is 20.4 Å². The van der Waals surface area contributed by atoms with Gasteiger partial charge in [0.2, 0.25) is 5.95 Å². The molecule has 2 heterocycles. The molecule has 2 aromatic heterocycles. The number of aryl methyl sites for hydroxylation is 2. The molecule has 78 valence electrons. The van der Waals surface area contributed by atoms with Gasteiger partial charge in [-0.3, -0.25) is 4.68 Å². The fourth-order valence-corrected chi connectivity index (χ4v) is 1.40. The molecule has 0 radical (unpaired) electrons. The van der Waals surface area contributed by atoms with Gasteiger partial charge in [0, 0.05) is 32.1 Å². The van der Waals surface area contributed by atoms with Gasteiger partial charge in [0.05, 0.1) is 11.9 Å². The largest absolute Gasteiger partial charge is 0.357 e. The predicted octanol–water partition coefficient (Wildman–Crippen LogP) is 1.23. The van der Waals surface area contributed by atoms with Gasteiger partial charge in [0.25, 0.3) is 0 Å². The summed E-state index contributed by atoms with van der Waals surface area (Å²) in [5, 5.41) is 7.05. The highest BCUT2D eigenvalue weighted by Gasteiger charge is 2.07. The molecule has 0 aliphatic heterocycles. The quantitative estimate of drug-likeness (QED) is 0.797. The summed E-state index contributed by atoms with van der Waals surface area (Å²) in [6.07, 6.45) is 5.55. The lowest BCUT2D eigenvalue weighted by atomic mass is 10.1. The standard InChI is InChI=1S/C10H13N5/c1-7-4-12-10(11-2)14-9(7)8-5-13-15(3)6-8/h4-6H,1-3H3,(H,11,12,14). The molecule has 0 fully saturated rings. The Morgan fingerprint density at radius 3 is 2.73 bits per heavy atom. The van der Waals surface area contributed by atoms with Crippen LogP contribution in [0.15, 0.2) is 18.6 Å². The summed E-state index contributed by atoms with van der Waals surface area (Å²) < 4.78 is 1.76. The average Bonchev–Trinajstić information content (AvgIpc) is 2.65. The third-order valence-electron chi connectivity index (χ3n) is 2.17. The van der Waals surface area contributed by atoms with Crippen LogP contribution in [0.25, 0.3) is 11.3 Å². The minimum absolute atomic E-state index is 0.624. The molecule has 0 saturated heterocycles. The molecular formula is C10H13N5. The van der Waals surface area contributed by atoms with Gasteiger partial charge in [0.1, 0.15) is 0 Å². The summed E-state index contributed by atoms with van der Waals surface area (Å²) in [4.78, 5) is 8.54. The molecule has 0 unspecified atom stereocenters. The maximum absolute atomic E-state index is 4.40. The van der Waals surface area contributed by atoms with Crippen LogP contribution in [0.5, 0.6) is 0 Å². The SMILES string of the molecule is CNc1ncc(C)c(-c2cnn(C)c2)n1. The van der Waals surface area contributed by atoms with E-state index in [9.17, 15) is 0 Å². The second-order valence-corrected chi connectivity index (χ2v) is 3.38. The Kier molecular flexibility index (Phi) is 2.37. The number of nitrogens with zero attached hydrogens (tertiary/aromatic N) is 4. The highest BCUT2D eigenvalue weighted by Crippen LogP contribution is 2.20. The van der Waals surface area contributed by atoms with Gasteiger partial charge in [0.15, 0.2) is 0 Å². The Morgan fingerprint density at radius 2 is 2.13 bits per heavy atom. The first-order chi connectivity index (χ1) is 7.20. The molecule has 0 atom stereocenters. The summed E-state index contributed by atoms with van der Waals surface area (Å²) in [5.74, 6) is 0.624. The minimum Gasteiger partial charge on any atom is -0.357 e. The van der Waals surface area contributed by atoms with E-state index >= 15 is 0 Å². The van der Waals surface area contributed by atoms with Gasteiger partial charge in [-0.25, -0.2) is 9.97 Å². The van der Waals surface area contributed by atoms with E-state index < -0.39 is 0 Å². The molecule has 15 heavy (non-hydrogen) atoms. The van der Waals surface area contributed by atoms with Crippen molar-refractivity contribution in [1.29, 1.82) is 0 Å². The fourth-order valence-electron chi connectivity index (χ4n) is 1.40. The molecule has 2 rings (SSSR count). The topological polar surface area (TPSA) is 55.6 Å². The Balaban J connectivity index is 2.51. The molecule has 0 bridgehead atoms. The summed E-state index contributed by atoms with van der Waals surface area (Å²) >= 11 is 0. The number of nitrogens with one attached hydrogen (secondary N) is 1. The van der Waals surface area contributed by atoms with Gasteiger partial charge in [-0.1, -0.05) is 0 Å². The molecule has 1 N–H and O–H groups in total. The van der Waals surface area contributed by atoms with E-state index in [0.717, 1.165) is 16.8 Å². The molecule has 0 amide bonds. The van der Waals surface area contributed by atoms with Crippen molar-refractivity contribution in [3.8, 4) is 11.3 Å². The highest BCUT2D eigenvalue weighted by atomic mass is 15.2. The van der Waals surface area contributed by atoms with E-state index in [1.165, 1.54) is 0 Å². The molecule has 0 aromatic carbocycles. The van der Waals surface area contributed by atoms with Crippen LogP contribution in [0.2, 0.25) is 0 Å². The lowest BCUT2D eigenvalue weighted by Gasteiger charge is -2.04.